The largest absolute Gasteiger partial charge is 0.497 e. The van der Waals surface area contributed by atoms with Gasteiger partial charge >= 0.3 is 18.2 Å². The van der Waals surface area contributed by atoms with Gasteiger partial charge < -0.3 is 18.9 Å². The fourth-order valence-electron chi connectivity index (χ4n) is 1.66. The lowest BCUT2D eigenvalue weighted by Gasteiger charge is -2.16. The Balaban J connectivity index is 2.61. The highest BCUT2D eigenvalue weighted by Crippen LogP contribution is 2.23. The minimum absolute atomic E-state index is 0.182. The summed E-state index contributed by atoms with van der Waals surface area (Å²) in [5.74, 6) is -0.608. The van der Waals surface area contributed by atoms with Crippen LogP contribution in [0.5, 0.6) is 5.75 Å². The average molecular weight is 375 g/mol. The summed E-state index contributed by atoms with van der Waals surface area (Å²) < 4.78 is 21.0. The van der Waals surface area contributed by atoms with Crippen LogP contribution >= 0.6 is 15.9 Å². The van der Waals surface area contributed by atoms with Crippen LogP contribution < -0.4 is 4.74 Å². The van der Waals surface area contributed by atoms with E-state index in [0.717, 1.165) is 15.8 Å². The second kappa shape index (κ2) is 9.42. The van der Waals surface area contributed by atoms with Crippen molar-refractivity contribution in [3.05, 3.63) is 28.2 Å². The van der Waals surface area contributed by atoms with Gasteiger partial charge in [0.2, 0.25) is 0 Å². The molecule has 0 N–H and O–H groups in total. The van der Waals surface area contributed by atoms with Gasteiger partial charge in [-0.15, -0.1) is 0 Å². The molecule has 22 heavy (non-hydrogen) atoms. The number of halogens is 1. The fraction of sp³-hybridized carbons (Fsp3) is 0.467. The lowest BCUT2D eigenvalue weighted by molar-refractivity contribution is -0.199. The molecule has 6 nitrogen and oxygen atoms in total. The first-order chi connectivity index (χ1) is 10.5. The first-order valence-electron chi connectivity index (χ1n) is 6.75. The number of ether oxygens (including phenoxy) is 4. The summed E-state index contributed by atoms with van der Waals surface area (Å²) in [5.41, 5.74) is 0.949. The molecule has 0 aromatic heterocycles. The number of hydrogen-bond acceptors (Lipinski definition) is 6. The van der Waals surface area contributed by atoms with Crippen molar-refractivity contribution in [2.24, 2.45) is 0 Å². The predicted molar refractivity (Wildman–Crippen MR) is 82.5 cm³/mol. The van der Waals surface area contributed by atoms with Gasteiger partial charge in [0.25, 0.3) is 0 Å². The van der Waals surface area contributed by atoms with Gasteiger partial charge in [-0.05, 0) is 37.1 Å². The lowest BCUT2D eigenvalue weighted by Crippen LogP contribution is -2.31. The second-order valence-electron chi connectivity index (χ2n) is 4.27. The van der Waals surface area contributed by atoms with Gasteiger partial charge in [-0.1, -0.05) is 15.9 Å². The highest BCUT2D eigenvalue weighted by Gasteiger charge is 2.23. The van der Waals surface area contributed by atoms with E-state index in [0.29, 0.717) is 6.42 Å². The molecule has 1 rings (SSSR count). The average Bonchev–Trinajstić information content (AvgIpc) is 2.48. The van der Waals surface area contributed by atoms with Crippen LogP contribution in [0.4, 0.5) is 0 Å². The molecule has 1 unspecified atom stereocenters. The molecule has 0 aliphatic rings. The molecule has 0 fully saturated rings. The maximum Gasteiger partial charge on any atom is 0.376 e. The molecule has 0 bridgehead atoms. The zero-order valence-corrected chi connectivity index (χ0v) is 14.3. The van der Waals surface area contributed by atoms with Crippen LogP contribution in [-0.2, 0) is 30.2 Å². The van der Waals surface area contributed by atoms with Gasteiger partial charge in [-0.3, -0.25) is 4.79 Å². The van der Waals surface area contributed by atoms with Crippen molar-refractivity contribution >= 4 is 27.9 Å². The summed E-state index contributed by atoms with van der Waals surface area (Å²) in [6, 6.07) is 5.55. The first kappa shape index (κ1) is 18.4. The van der Waals surface area contributed by atoms with Crippen molar-refractivity contribution in [2.45, 2.75) is 26.6 Å². The maximum atomic E-state index is 11.6. The molecule has 122 valence electrons. The third-order valence-electron chi connectivity index (χ3n) is 2.65. The molecule has 0 heterocycles. The van der Waals surface area contributed by atoms with Gasteiger partial charge in [-0.25, -0.2) is 4.79 Å². The number of carbonyl (C=O) groups is 2. The third kappa shape index (κ3) is 6.03. The Morgan fingerprint density at radius 3 is 2.64 bits per heavy atom. The van der Waals surface area contributed by atoms with E-state index >= 15 is 0 Å². The van der Waals surface area contributed by atoms with E-state index in [1.807, 2.05) is 18.2 Å². The molecule has 7 heteroatoms. The quantitative estimate of drug-likeness (QED) is 0.514. The molecule has 0 amide bonds. The van der Waals surface area contributed by atoms with Crippen molar-refractivity contribution < 1.29 is 28.5 Å². The Kier molecular flexibility index (Phi) is 7.90. The zero-order chi connectivity index (χ0) is 16.5. The topological polar surface area (TPSA) is 71.1 Å². The Morgan fingerprint density at radius 1 is 1.32 bits per heavy atom. The van der Waals surface area contributed by atoms with Crippen LogP contribution in [0, 0.1) is 0 Å². The van der Waals surface area contributed by atoms with Gasteiger partial charge in [-0.2, -0.15) is 0 Å². The molecule has 0 saturated heterocycles. The molecular weight excluding hydrogens is 356 g/mol. The molecular formula is C15H19BrO6. The highest BCUT2D eigenvalue weighted by atomic mass is 79.9. The summed E-state index contributed by atoms with van der Waals surface area (Å²) in [4.78, 5) is 22.6. The summed E-state index contributed by atoms with van der Waals surface area (Å²) in [7, 11) is 1.58. The van der Waals surface area contributed by atoms with Crippen molar-refractivity contribution in [1.82, 2.24) is 0 Å². The van der Waals surface area contributed by atoms with Crippen molar-refractivity contribution in [3.63, 3.8) is 0 Å². The lowest BCUT2D eigenvalue weighted by atomic mass is 10.1. The minimum Gasteiger partial charge on any atom is -0.497 e. The Bertz CT molecular complexity index is 517. The van der Waals surface area contributed by atoms with Crippen LogP contribution in [0.2, 0.25) is 0 Å². The van der Waals surface area contributed by atoms with Crippen molar-refractivity contribution in [2.75, 3.05) is 20.3 Å². The summed E-state index contributed by atoms with van der Waals surface area (Å²) in [5, 5.41) is 0. The van der Waals surface area contributed by atoms with Gasteiger partial charge in [0.1, 0.15) is 5.75 Å². The smallest absolute Gasteiger partial charge is 0.376 e. The van der Waals surface area contributed by atoms with Gasteiger partial charge in [0.05, 0.1) is 20.3 Å². The summed E-state index contributed by atoms with van der Waals surface area (Å²) >= 11 is 3.43. The molecule has 0 saturated carbocycles. The van der Waals surface area contributed by atoms with Gasteiger partial charge in [0, 0.05) is 11.4 Å². The summed E-state index contributed by atoms with van der Waals surface area (Å²) in [6.07, 6.45) is -0.837. The SMILES string of the molecule is CCOC(=O)C(OCCc1cc(OC)ccc1Br)OC(C)=O. The number of carbonyl (C=O) groups excluding carboxylic acids is 2. The van der Waals surface area contributed by atoms with Crippen LogP contribution in [0.25, 0.3) is 0 Å². The summed E-state index contributed by atoms with van der Waals surface area (Å²) in [6.45, 7) is 3.23. The zero-order valence-electron chi connectivity index (χ0n) is 12.8. The molecule has 0 aliphatic carbocycles. The molecule has 1 aromatic rings. The standard InChI is InChI=1S/C15H19BrO6/c1-4-20-14(18)15(22-10(2)17)21-8-7-11-9-12(19-3)5-6-13(11)16/h5-6,9,15H,4,7-8H2,1-3H3. The predicted octanol–water partition coefficient (Wildman–Crippen LogP) is 2.47. The fourth-order valence-corrected chi connectivity index (χ4v) is 2.10. The monoisotopic (exact) mass is 374 g/mol. The van der Waals surface area contributed by atoms with Gasteiger partial charge in [0.15, 0.2) is 0 Å². The molecule has 1 aromatic carbocycles. The van der Waals surface area contributed by atoms with E-state index in [4.69, 9.17) is 18.9 Å². The van der Waals surface area contributed by atoms with E-state index in [1.165, 1.54) is 6.92 Å². The van der Waals surface area contributed by atoms with Crippen molar-refractivity contribution in [3.8, 4) is 5.75 Å². The van der Waals surface area contributed by atoms with Crippen LogP contribution in [0.15, 0.2) is 22.7 Å². The molecule has 0 aliphatic heterocycles. The van der Waals surface area contributed by atoms with Crippen LogP contribution in [0.3, 0.4) is 0 Å². The number of hydrogen-bond donors (Lipinski definition) is 0. The van der Waals surface area contributed by atoms with E-state index in [9.17, 15) is 9.59 Å². The highest BCUT2D eigenvalue weighted by molar-refractivity contribution is 9.10. The van der Waals surface area contributed by atoms with Crippen molar-refractivity contribution in [1.29, 1.82) is 0 Å². The number of benzene rings is 1. The van der Waals surface area contributed by atoms with E-state index in [-0.39, 0.29) is 13.2 Å². The van der Waals surface area contributed by atoms with Crippen LogP contribution in [0.1, 0.15) is 19.4 Å². The molecule has 1 atom stereocenters. The first-order valence-corrected chi connectivity index (χ1v) is 7.55. The normalized spacial score (nSPS) is 11.6. The Morgan fingerprint density at radius 2 is 2.05 bits per heavy atom. The van der Waals surface area contributed by atoms with E-state index in [2.05, 4.69) is 15.9 Å². The van der Waals surface area contributed by atoms with Crippen LogP contribution in [-0.4, -0.2) is 38.6 Å². The van der Waals surface area contributed by atoms with E-state index in [1.54, 1.807) is 14.0 Å². The Hall–Kier alpha value is -1.60. The number of esters is 2. The second-order valence-corrected chi connectivity index (χ2v) is 5.13. The molecule has 0 radical (unpaired) electrons. The van der Waals surface area contributed by atoms with E-state index < -0.39 is 18.2 Å². The number of rotatable bonds is 8. The number of methoxy groups -OCH3 is 1. The third-order valence-corrected chi connectivity index (χ3v) is 3.42. The molecule has 0 spiro atoms. The Labute approximate surface area is 137 Å². The minimum atomic E-state index is -1.35. The maximum absolute atomic E-state index is 11.6.